The number of benzene rings is 3. The number of nitrogens with zero attached hydrogens (tertiary/aromatic N) is 4. The lowest BCUT2D eigenvalue weighted by molar-refractivity contribution is -0.189. The largest absolute Gasteiger partial charge is 0.508 e. The number of phenolic OH excluding ortho intramolecular Hbond substituents is 1. The fourth-order valence-corrected chi connectivity index (χ4v) is 7.01. The summed E-state index contributed by atoms with van der Waals surface area (Å²) in [5, 5.41) is 19.1. The number of rotatable bonds is 8. The number of piperazine rings is 1. The second-order valence-corrected chi connectivity index (χ2v) is 11.9. The number of carbonyl (C=O) groups excluding carboxylic acids is 3. The Kier molecular flexibility index (Phi) is 8.23. The Morgan fingerprint density at radius 2 is 1.82 bits per heavy atom. The van der Waals surface area contributed by atoms with Crippen LogP contribution in [0.25, 0.3) is 10.1 Å². The molecule has 0 radical (unpaired) electrons. The number of aromatic hydroxyl groups is 1. The molecule has 10 nitrogen and oxygen atoms in total. The molecule has 226 valence electrons. The molecule has 2 atom stereocenters. The van der Waals surface area contributed by atoms with E-state index in [0.29, 0.717) is 18.8 Å². The molecule has 11 heteroatoms. The smallest absolute Gasteiger partial charge is 0.334 e. The molecule has 0 unspecified atom stereocenters. The van der Waals surface area contributed by atoms with Gasteiger partial charge in [0.2, 0.25) is 11.8 Å². The van der Waals surface area contributed by atoms with Crippen molar-refractivity contribution in [2.24, 2.45) is 0 Å². The van der Waals surface area contributed by atoms with E-state index in [2.05, 4.69) is 11.9 Å². The number of urea groups is 1. The molecule has 4 aromatic rings. The van der Waals surface area contributed by atoms with Crippen molar-refractivity contribution in [3.8, 4) is 5.75 Å². The first-order chi connectivity index (χ1) is 21.3. The van der Waals surface area contributed by atoms with Gasteiger partial charge in [-0.1, -0.05) is 60.7 Å². The molecule has 6 rings (SSSR count). The number of amides is 4. The van der Waals surface area contributed by atoms with Gasteiger partial charge in [-0.05, 0) is 45.7 Å². The second kappa shape index (κ2) is 12.4. The third kappa shape index (κ3) is 5.71. The Labute approximate surface area is 259 Å². The van der Waals surface area contributed by atoms with Crippen LogP contribution in [0, 0.1) is 0 Å². The Morgan fingerprint density at radius 3 is 2.57 bits per heavy atom. The lowest BCUT2D eigenvalue weighted by Crippen LogP contribution is -2.76. The van der Waals surface area contributed by atoms with E-state index in [4.69, 9.17) is 5.73 Å². The molecule has 3 aromatic carbocycles. The van der Waals surface area contributed by atoms with Crippen LogP contribution in [-0.2, 0) is 29.1 Å². The van der Waals surface area contributed by atoms with E-state index in [9.17, 15) is 19.5 Å². The fraction of sp³-hybridized carbons (Fsp3) is 0.242. The van der Waals surface area contributed by atoms with E-state index < -0.39 is 12.2 Å². The average molecular weight is 611 g/mol. The molecular formula is C33H34N6O4S. The number of nitrogens with one attached hydrogen (secondary N) is 1. The van der Waals surface area contributed by atoms with Crippen molar-refractivity contribution < 1.29 is 19.5 Å². The maximum absolute atomic E-state index is 14.2. The van der Waals surface area contributed by atoms with Gasteiger partial charge in [0.1, 0.15) is 18.0 Å². The Morgan fingerprint density at radius 1 is 1.05 bits per heavy atom. The monoisotopic (exact) mass is 610 g/mol. The van der Waals surface area contributed by atoms with Crippen LogP contribution < -0.4 is 11.1 Å². The van der Waals surface area contributed by atoms with Gasteiger partial charge in [0.05, 0.1) is 17.8 Å². The number of hydrazine groups is 1. The number of nitrogen functional groups attached to an aromatic ring is 1. The lowest BCUT2D eigenvalue weighted by atomic mass is 9.98. The highest BCUT2D eigenvalue weighted by Gasteiger charge is 2.51. The highest BCUT2D eigenvalue weighted by molar-refractivity contribution is 7.18. The average Bonchev–Trinajstić information content (AvgIpc) is 3.43. The van der Waals surface area contributed by atoms with E-state index in [1.807, 2.05) is 53.9 Å². The zero-order chi connectivity index (χ0) is 30.8. The molecule has 44 heavy (non-hydrogen) atoms. The summed E-state index contributed by atoms with van der Waals surface area (Å²) in [5.41, 5.74) is 9.58. The van der Waals surface area contributed by atoms with E-state index >= 15 is 0 Å². The molecule has 0 aliphatic carbocycles. The molecule has 4 amide bonds. The Bertz CT molecular complexity index is 1690. The first-order valence-electron chi connectivity index (χ1n) is 14.4. The second-order valence-electron chi connectivity index (χ2n) is 11.0. The molecule has 0 spiro atoms. The molecule has 0 bridgehead atoms. The predicted octanol–water partition coefficient (Wildman–Crippen LogP) is 3.93. The molecule has 2 aliphatic rings. The Balaban J connectivity index is 1.36. The summed E-state index contributed by atoms with van der Waals surface area (Å²) in [5.74, 6) is -0.329. The maximum atomic E-state index is 14.2. The topological polar surface area (TPSA) is 122 Å². The van der Waals surface area contributed by atoms with Crippen LogP contribution in [0.5, 0.6) is 5.75 Å². The van der Waals surface area contributed by atoms with E-state index in [1.54, 1.807) is 50.2 Å². The zero-order valence-corrected chi connectivity index (χ0v) is 25.0. The van der Waals surface area contributed by atoms with Crippen LogP contribution in [0.1, 0.15) is 16.7 Å². The van der Waals surface area contributed by atoms with Crippen LogP contribution in [0.2, 0.25) is 0 Å². The summed E-state index contributed by atoms with van der Waals surface area (Å²) in [6, 6.07) is 20.7. The molecule has 2 fully saturated rings. The molecule has 2 aliphatic heterocycles. The summed E-state index contributed by atoms with van der Waals surface area (Å²) in [4.78, 5) is 45.2. The Hall–Kier alpha value is -4.87. The maximum Gasteiger partial charge on any atom is 0.334 e. The first kappa shape index (κ1) is 29.2. The number of thiophene rings is 1. The van der Waals surface area contributed by atoms with Crippen molar-refractivity contribution in [2.45, 2.75) is 31.7 Å². The van der Waals surface area contributed by atoms with Crippen molar-refractivity contribution in [3.05, 3.63) is 108 Å². The van der Waals surface area contributed by atoms with E-state index in [0.717, 1.165) is 26.8 Å². The van der Waals surface area contributed by atoms with E-state index in [-0.39, 0.29) is 49.7 Å². The van der Waals surface area contributed by atoms with Crippen molar-refractivity contribution in [1.82, 2.24) is 25.1 Å². The summed E-state index contributed by atoms with van der Waals surface area (Å²) in [7, 11) is 0. The van der Waals surface area contributed by atoms with Gasteiger partial charge in [-0.15, -0.1) is 17.9 Å². The highest BCUT2D eigenvalue weighted by Crippen LogP contribution is 2.34. The van der Waals surface area contributed by atoms with Crippen LogP contribution in [0.4, 0.5) is 10.5 Å². The number of hydrogen-bond acceptors (Lipinski definition) is 7. The van der Waals surface area contributed by atoms with Crippen LogP contribution in [0.3, 0.4) is 0 Å². The number of phenols is 1. The van der Waals surface area contributed by atoms with Gasteiger partial charge >= 0.3 is 6.03 Å². The number of carbonyl (C=O) groups is 3. The standard InChI is InChI=1S/C33H34N6O4S/c1-2-15-37-20-30(41)38-28(16-22-11-13-25(40)14-12-22)32(42)36(18-24-21-44-31-26(24)9-6-10-27(31)34)19-29(38)39(37)33(43)35-17-23-7-4-3-5-8-23/h2-14,21,28-29,40H,1,15-20,34H2,(H,35,43)/t28-,29-/m0/s1. The van der Waals surface area contributed by atoms with Gasteiger partial charge in [0.15, 0.2) is 0 Å². The number of nitrogens with two attached hydrogens (primary N) is 1. The zero-order valence-electron chi connectivity index (χ0n) is 24.1. The molecule has 1 aromatic heterocycles. The van der Waals surface area contributed by atoms with Gasteiger partial charge in [0, 0.05) is 31.7 Å². The van der Waals surface area contributed by atoms with Crippen molar-refractivity contribution in [2.75, 3.05) is 25.4 Å². The summed E-state index contributed by atoms with van der Waals surface area (Å²) in [6.45, 7) is 4.78. The number of anilines is 1. The van der Waals surface area contributed by atoms with Gasteiger partial charge in [-0.25, -0.2) is 14.8 Å². The SMILES string of the molecule is C=CCN1CC(=O)N2[C@@H](Cc3ccc(O)cc3)C(=O)N(Cc3csc4c(N)cccc34)C[C@@H]2N1C(=O)NCc1ccccc1. The van der Waals surface area contributed by atoms with Crippen LogP contribution in [0.15, 0.2) is 90.8 Å². The summed E-state index contributed by atoms with van der Waals surface area (Å²) in [6.07, 6.45) is 1.14. The van der Waals surface area contributed by atoms with Crippen LogP contribution in [-0.4, -0.2) is 74.6 Å². The van der Waals surface area contributed by atoms with Crippen molar-refractivity contribution in [3.63, 3.8) is 0 Å². The number of fused-ring (bicyclic) bond motifs is 2. The van der Waals surface area contributed by atoms with Gasteiger partial charge in [-0.2, -0.15) is 0 Å². The minimum Gasteiger partial charge on any atom is -0.508 e. The van der Waals surface area contributed by atoms with Gasteiger partial charge < -0.3 is 26.0 Å². The molecule has 0 saturated carbocycles. The van der Waals surface area contributed by atoms with Gasteiger partial charge in [0.25, 0.3) is 0 Å². The van der Waals surface area contributed by atoms with Gasteiger partial charge in [-0.3, -0.25) is 9.59 Å². The molecule has 3 heterocycles. The van der Waals surface area contributed by atoms with Crippen LogP contribution >= 0.6 is 11.3 Å². The number of hydrogen-bond donors (Lipinski definition) is 3. The third-order valence-corrected chi connectivity index (χ3v) is 9.20. The predicted molar refractivity (Wildman–Crippen MR) is 170 cm³/mol. The van der Waals surface area contributed by atoms with E-state index in [1.165, 1.54) is 11.3 Å². The highest BCUT2D eigenvalue weighted by atomic mass is 32.1. The lowest BCUT2D eigenvalue weighted by Gasteiger charge is -2.55. The molecule has 2 saturated heterocycles. The summed E-state index contributed by atoms with van der Waals surface area (Å²) >= 11 is 1.53. The molecule has 4 N–H and O–H groups in total. The molecular weight excluding hydrogens is 576 g/mol. The third-order valence-electron chi connectivity index (χ3n) is 8.10. The first-order valence-corrected chi connectivity index (χ1v) is 15.3. The minimum absolute atomic E-state index is 0.0743. The summed E-state index contributed by atoms with van der Waals surface area (Å²) < 4.78 is 0.959. The normalized spacial score (nSPS) is 18.9. The quantitative estimate of drug-likeness (QED) is 0.205. The van der Waals surface area contributed by atoms with Crippen molar-refractivity contribution >= 4 is 45.0 Å². The fourth-order valence-electron chi connectivity index (χ4n) is 6.01. The van der Waals surface area contributed by atoms with Crippen molar-refractivity contribution in [1.29, 1.82) is 0 Å². The minimum atomic E-state index is -0.851.